The van der Waals surface area contributed by atoms with E-state index in [-0.39, 0.29) is 13.0 Å². The molecule has 4 unspecified atom stereocenters. The van der Waals surface area contributed by atoms with Crippen LogP contribution in [0.2, 0.25) is 0 Å². The van der Waals surface area contributed by atoms with E-state index in [1.807, 2.05) is 0 Å². The van der Waals surface area contributed by atoms with E-state index in [1.165, 1.54) is 6.92 Å². The number of amides is 4. The van der Waals surface area contributed by atoms with Gasteiger partial charge in [0.05, 0.1) is 18.9 Å². The average molecular weight is 415 g/mol. The van der Waals surface area contributed by atoms with Crippen LogP contribution < -0.4 is 22.1 Å². The highest BCUT2D eigenvalue weighted by Crippen LogP contribution is 2.20. The Labute approximate surface area is 165 Å². The number of primary amides is 1. The predicted molar refractivity (Wildman–Crippen MR) is 95.9 cm³/mol. The molecular formula is C16H25N5O8. The molecule has 4 amide bonds. The highest BCUT2D eigenvalue weighted by atomic mass is 16.4. The highest BCUT2D eigenvalue weighted by Gasteiger charge is 2.39. The molecule has 4 atom stereocenters. The SMILES string of the molecule is CC(N)C(=O)NC(CC(=O)O)C(=O)N1CCCC1C(=O)NC(CC(N)=O)C(=O)O. The molecule has 0 spiro atoms. The van der Waals surface area contributed by atoms with Gasteiger partial charge in [-0.25, -0.2) is 4.79 Å². The molecule has 29 heavy (non-hydrogen) atoms. The standard InChI is InChI=1S/C16H25N5O8/c1-7(17)13(25)19-8(6-12(23)24)15(27)21-4-2-3-10(21)14(26)20-9(16(28)29)5-11(18)22/h7-10H,2-6,17H2,1H3,(H2,18,22)(H,19,25)(H,20,26)(H,23,24)(H,28,29). The number of carboxylic acid groups (broad SMARTS) is 2. The molecule has 1 rings (SSSR count). The topological polar surface area (TPSA) is 222 Å². The first-order chi connectivity index (χ1) is 13.4. The van der Waals surface area contributed by atoms with Gasteiger partial charge < -0.3 is 37.2 Å². The van der Waals surface area contributed by atoms with Crippen molar-refractivity contribution in [3.05, 3.63) is 0 Å². The molecule has 0 aromatic heterocycles. The van der Waals surface area contributed by atoms with Gasteiger partial charge in [-0.3, -0.25) is 24.0 Å². The van der Waals surface area contributed by atoms with Crippen LogP contribution in [0, 0.1) is 0 Å². The maximum atomic E-state index is 12.8. The highest BCUT2D eigenvalue weighted by molar-refractivity contribution is 5.96. The Morgan fingerprint density at radius 2 is 1.69 bits per heavy atom. The zero-order chi connectivity index (χ0) is 22.3. The van der Waals surface area contributed by atoms with Gasteiger partial charge in [0.15, 0.2) is 0 Å². The fraction of sp³-hybridized carbons (Fsp3) is 0.625. The van der Waals surface area contributed by atoms with Crippen molar-refractivity contribution in [1.29, 1.82) is 0 Å². The number of carboxylic acids is 2. The Balaban J connectivity index is 2.95. The van der Waals surface area contributed by atoms with E-state index in [0.717, 1.165) is 4.90 Å². The maximum absolute atomic E-state index is 12.8. The first-order valence-corrected chi connectivity index (χ1v) is 8.83. The van der Waals surface area contributed by atoms with Gasteiger partial charge in [0.2, 0.25) is 23.6 Å². The summed E-state index contributed by atoms with van der Waals surface area (Å²) < 4.78 is 0. The van der Waals surface area contributed by atoms with Crippen molar-refractivity contribution in [2.45, 2.75) is 56.8 Å². The summed E-state index contributed by atoms with van der Waals surface area (Å²) in [6.45, 7) is 1.46. The molecular weight excluding hydrogens is 390 g/mol. The third kappa shape index (κ3) is 7.03. The zero-order valence-electron chi connectivity index (χ0n) is 15.8. The van der Waals surface area contributed by atoms with Crippen LogP contribution in [0.3, 0.4) is 0 Å². The molecule has 0 radical (unpaired) electrons. The molecule has 1 saturated heterocycles. The first-order valence-electron chi connectivity index (χ1n) is 8.83. The zero-order valence-corrected chi connectivity index (χ0v) is 15.8. The number of hydrogen-bond acceptors (Lipinski definition) is 7. The normalized spacial score (nSPS) is 19.0. The van der Waals surface area contributed by atoms with Crippen molar-refractivity contribution < 1.29 is 39.0 Å². The van der Waals surface area contributed by atoms with Gasteiger partial charge in [0, 0.05) is 6.54 Å². The van der Waals surface area contributed by atoms with Crippen LogP contribution in [-0.2, 0) is 28.8 Å². The van der Waals surface area contributed by atoms with Crippen LogP contribution in [0.5, 0.6) is 0 Å². The van der Waals surface area contributed by atoms with Crippen molar-refractivity contribution >= 4 is 35.6 Å². The smallest absolute Gasteiger partial charge is 0.326 e. The van der Waals surface area contributed by atoms with Gasteiger partial charge >= 0.3 is 11.9 Å². The number of rotatable bonds is 10. The number of aliphatic carboxylic acids is 2. The molecule has 1 heterocycles. The van der Waals surface area contributed by atoms with Crippen LogP contribution in [-0.4, -0.2) is 81.4 Å². The van der Waals surface area contributed by atoms with E-state index in [2.05, 4.69) is 10.6 Å². The third-order valence-corrected chi connectivity index (χ3v) is 4.27. The van der Waals surface area contributed by atoms with Gasteiger partial charge in [-0.1, -0.05) is 0 Å². The Bertz CT molecular complexity index is 695. The van der Waals surface area contributed by atoms with Gasteiger partial charge in [0.25, 0.3) is 0 Å². The fourth-order valence-electron chi connectivity index (χ4n) is 2.85. The lowest BCUT2D eigenvalue weighted by Crippen LogP contribution is -2.57. The summed E-state index contributed by atoms with van der Waals surface area (Å²) >= 11 is 0. The van der Waals surface area contributed by atoms with Crippen LogP contribution in [0.25, 0.3) is 0 Å². The minimum atomic E-state index is -1.56. The van der Waals surface area contributed by atoms with Gasteiger partial charge in [-0.2, -0.15) is 0 Å². The summed E-state index contributed by atoms with van der Waals surface area (Å²) in [7, 11) is 0. The minimum absolute atomic E-state index is 0.106. The van der Waals surface area contributed by atoms with Crippen LogP contribution >= 0.6 is 0 Å². The van der Waals surface area contributed by atoms with Gasteiger partial charge in [0.1, 0.15) is 18.1 Å². The number of likely N-dealkylation sites (tertiary alicyclic amines) is 1. The van der Waals surface area contributed by atoms with Gasteiger partial charge in [-0.05, 0) is 19.8 Å². The predicted octanol–water partition coefficient (Wildman–Crippen LogP) is -3.27. The number of carbonyl (C=O) groups is 6. The second kappa shape index (κ2) is 10.4. The van der Waals surface area contributed by atoms with E-state index in [9.17, 15) is 28.8 Å². The summed E-state index contributed by atoms with van der Waals surface area (Å²) in [5.74, 6) is -6.12. The summed E-state index contributed by atoms with van der Waals surface area (Å²) in [6.07, 6.45) is -0.755. The minimum Gasteiger partial charge on any atom is -0.481 e. The molecule has 8 N–H and O–H groups in total. The van der Waals surface area contributed by atoms with Crippen LogP contribution in [0.15, 0.2) is 0 Å². The number of nitrogens with zero attached hydrogens (tertiary/aromatic N) is 1. The Kier molecular flexibility index (Phi) is 8.51. The first kappa shape index (κ1) is 23.8. The van der Waals surface area contributed by atoms with Crippen molar-refractivity contribution in [1.82, 2.24) is 15.5 Å². The van der Waals surface area contributed by atoms with Crippen molar-refractivity contribution in [3.63, 3.8) is 0 Å². The van der Waals surface area contributed by atoms with Crippen molar-refractivity contribution in [2.24, 2.45) is 11.5 Å². The molecule has 1 fully saturated rings. The van der Waals surface area contributed by atoms with E-state index in [0.29, 0.717) is 6.42 Å². The quantitative estimate of drug-likeness (QED) is 0.210. The van der Waals surface area contributed by atoms with Crippen LogP contribution in [0.4, 0.5) is 0 Å². The molecule has 0 aromatic rings. The molecule has 162 valence electrons. The molecule has 0 saturated carbocycles. The number of carbonyl (C=O) groups excluding carboxylic acids is 4. The second-order valence-electron chi connectivity index (χ2n) is 6.71. The summed E-state index contributed by atoms with van der Waals surface area (Å²) in [5.41, 5.74) is 10.4. The second-order valence-corrected chi connectivity index (χ2v) is 6.71. The third-order valence-electron chi connectivity index (χ3n) is 4.27. The lowest BCUT2D eigenvalue weighted by molar-refractivity contribution is -0.147. The van der Waals surface area contributed by atoms with Crippen molar-refractivity contribution in [2.75, 3.05) is 6.54 Å². The van der Waals surface area contributed by atoms with E-state index in [1.54, 1.807) is 0 Å². The van der Waals surface area contributed by atoms with Crippen molar-refractivity contribution in [3.8, 4) is 0 Å². The molecule has 13 nitrogen and oxygen atoms in total. The molecule has 0 aliphatic carbocycles. The average Bonchev–Trinajstić information content (AvgIpc) is 3.08. The lowest BCUT2D eigenvalue weighted by Gasteiger charge is -2.29. The number of nitrogens with two attached hydrogens (primary N) is 2. The van der Waals surface area contributed by atoms with E-state index >= 15 is 0 Å². The maximum Gasteiger partial charge on any atom is 0.326 e. The van der Waals surface area contributed by atoms with E-state index in [4.69, 9.17) is 21.7 Å². The molecule has 1 aliphatic rings. The van der Waals surface area contributed by atoms with Gasteiger partial charge in [-0.15, -0.1) is 0 Å². The molecule has 0 bridgehead atoms. The Hall–Kier alpha value is -3.22. The molecule has 1 aliphatic heterocycles. The number of nitrogens with one attached hydrogen (secondary N) is 2. The summed E-state index contributed by atoms with van der Waals surface area (Å²) in [4.78, 5) is 71.4. The summed E-state index contributed by atoms with van der Waals surface area (Å²) in [5, 5.41) is 22.5. The van der Waals surface area contributed by atoms with E-state index < -0.39 is 72.6 Å². The largest absolute Gasteiger partial charge is 0.481 e. The van der Waals surface area contributed by atoms with Crippen LogP contribution in [0.1, 0.15) is 32.6 Å². The lowest BCUT2D eigenvalue weighted by atomic mass is 10.1. The Morgan fingerprint density at radius 1 is 1.07 bits per heavy atom. The Morgan fingerprint density at radius 3 is 2.17 bits per heavy atom. The monoisotopic (exact) mass is 415 g/mol. The molecule has 0 aromatic carbocycles. The fourth-order valence-corrected chi connectivity index (χ4v) is 2.85. The molecule has 13 heteroatoms. The number of hydrogen-bond donors (Lipinski definition) is 6. The summed E-state index contributed by atoms with van der Waals surface area (Å²) in [6, 6.07) is -5.08.